The topological polar surface area (TPSA) is 103 Å². The number of anilines is 1. The number of halogens is 1. The van der Waals surface area contributed by atoms with Gasteiger partial charge in [-0.2, -0.15) is 0 Å². The number of hydrogen-bond donors (Lipinski definition) is 1. The van der Waals surface area contributed by atoms with Gasteiger partial charge in [-0.1, -0.05) is 48.0 Å². The van der Waals surface area contributed by atoms with Crippen LogP contribution in [0.25, 0.3) is 6.08 Å². The molecular formula is C28H25ClN2O7. The molecule has 0 bridgehead atoms. The fourth-order valence-electron chi connectivity index (χ4n) is 3.80. The number of carbonyl (C=O) groups excluding carboxylic acids is 3. The Hall–Kier alpha value is -4.50. The lowest BCUT2D eigenvalue weighted by atomic mass is 10.1. The number of ether oxygens (including phenoxy) is 4. The summed E-state index contributed by atoms with van der Waals surface area (Å²) in [4.78, 5) is 39.6. The van der Waals surface area contributed by atoms with Crippen molar-refractivity contribution in [2.45, 2.75) is 13.5 Å². The number of hydrogen-bond acceptors (Lipinski definition) is 7. The number of urea groups is 1. The van der Waals surface area contributed by atoms with E-state index >= 15 is 0 Å². The number of benzene rings is 3. The molecule has 0 spiro atoms. The Morgan fingerprint density at radius 1 is 0.868 bits per heavy atom. The normalized spacial score (nSPS) is 14.4. The smallest absolute Gasteiger partial charge is 0.336 e. The quantitative estimate of drug-likeness (QED) is 0.303. The van der Waals surface area contributed by atoms with E-state index in [0.29, 0.717) is 30.3 Å². The van der Waals surface area contributed by atoms with Crippen molar-refractivity contribution >= 4 is 41.2 Å². The fraction of sp³-hybridized carbons (Fsp3) is 0.179. The van der Waals surface area contributed by atoms with Gasteiger partial charge in [0, 0.05) is 12.1 Å². The molecule has 10 heteroatoms. The first-order valence-corrected chi connectivity index (χ1v) is 12.0. The summed E-state index contributed by atoms with van der Waals surface area (Å²) < 4.78 is 22.2. The van der Waals surface area contributed by atoms with E-state index in [1.165, 1.54) is 32.4 Å². The Morgan fingerprint density at radius 3 is 2.29 bits per heavy atom. The van der Waals surface area contributed by atoms with E-state index in [9.17, 15) is 14.4 Å². The van der Waals surface area contributed by atoms with Gasteiger partial charge >= 0.3 is 6.03 Å². The maximum atomic E-state index is 13.4. The molecule has 4 amide bonds. The second-order valence-corrected chi connectivity index (χ2v) is 8.44. The van der Waals surface area contributed by atoms with Crippen molar-refractivity contribution in [3.8, 4) is 23.0 Å². The molecule has 3 aromatic carbocycles. The van der Waals surface area contributed by atoms with Crippen molar-refractivity contribution in [3.05, 3.63) is 82.4 Å². The summed E-state index contributed by atoms with van der Waals surface area (Å²) in [7, 11) is 2.76. The zero-order chi connectivity index (χ0) is 27.2. The van der Waals surface area contributed by atoms with Crippen molar-refractivity contribution in [1.29, 1.82) is 0 Å². The van der Waals surface area contributed by atoms with Crippen LogP contribution in [0.5, 0.6) is 23.0 Å². The number of barbiturate groups is 1. The van der Waals surface area contributed by atoms with Crippen molar-refractivity contribution in [2.24, 2.45) is 0 Å². The van der Waals surface area contributed by atoms with Crippen molar-refractivity contribution < 1.29 is 33.3 Å². The van der Waals surface area contributed by atoms with Crippen LogP contribution in [0.3, 0.4) is 0 Å². The molecule has 1 aliphatic rings. The second-order valence-electron chi connectivity index (χ2n) is 8.03. The highest BCUT2D eigenvalue weighted by Crippen LogP contribution is 2.39. The van der Waals surface area contributed by atoms with E-state index in [0.717, 1.165) is 10.5 Å². The largest absolute Gasteiger partial charge is 0.495 e. The van der Waals surface area contributed by atoms with Gasteiger partial charge in [0.1, 0.15) is 23.7 Å². The maximum Gasteiger partial charge on any atom is 0.336 e. The molecule has 38 heavy (non-hydrogen) atoms. The minimum absolute atomic E-state index is 0.0642. The van der Waals surface area contributed by atoms with E-state index in [4.69, 9.17) is 30.5 Å². The number of methoxy groups -OCH3 is 2. The molecule has 0 aromatic heterocycles. The van der Waals surface area contributed by atoms with Gasteiger partial charge in [0.25, 0.3) is 11.8 Å². The average Bonchev–Trinajstić information content (AvgIpc) is 2.91. The summed E-state index contributed by atoms with van der Waals surface area (Å²) >= 11 is 6.16. The molecule has 0 saturated carbocycles. The van der Waals surface area contributed by atoms with Crippen molar-refractivity contribution in [3.63, 3.8) is 0 Å². The minimum Gasteiger partial charge on any atom is -0.495 e. The van der Waals surface area contributed by atoms with Gasteiger partial charge in [-0.3, -0.25) is 14.9 Å². The first-order valence-electron chi connectivity index (χ1n) is 11.6. The number of nitrogens with one attached hydrogen (secondary N) is 1. The molecule has 1 aliphatic heterocycles. The highest BCUT2D eigenvalue weighted by Gasteiger charge is 2.38. The third kappa shape index (κ3) is 5.57. The summed E-state index contributed by atoms with van der Waals surface area (Å²) in [5.74, 6) is -0.364. The summed E-state index contributed by atoms with van der Waals surface area (Å²) in [6, 6.07) is 16.6. The predicted molar refractivity (Wildman–Crippen MR) is 142 cm³/mol. The Labute approximate surface area is 224 Å². The molecule has 0 atom stereocenters. The first kappa shape index (κ1) is 26.6. The van der Waals surface area contributed by atoms with Gasteiger partial charge in [0.15, 0.2) is 11.5 Å². The zero-order valence-electron chi connectivity index (χ0n) is 20.9. The molecule has 1 saturated heterocycles. The monoisotopic (exact) mass is 536 g/mol. The molecule has 1 heterocycles. The van der Waals surface area contributed by atoms with Gasteiger partial charge in [-0.25, -0.2) is 9.69 Å². The highest BCUT2D eigenvalue weighted by atomic mass is 35.5. The minimum atomic E-state index is -0.931. The third-order valence-corrected chi connectivity index (χ3v) is 5.91. The molecule has 0 radical (unpaired) electrons. The number of carbonyl (C=O) groups is 3. The van der Waals surface area contributed by atoms with E-state index in [1.807, 2.05) is 37.3 Å². The van der Waals surface area contributed by atoms with Crippen LogP contribution in [-0.2, 0) is 16.2 Å². The highest BCUT2D eigenvalue weighted by molar-refractivity contribution is 6.39. The van der Waals surface area contributed by atoms with Gasteiger partial charge in [0.05, 0.1) is 31.5 Å². The molecule has 9 nitrogen and oxygen atoms in total. The lowest BCUT2D eigenvalue weighted by Gasteiger charge is -2.28. The fourth-order valence-corrected chi connectivity index (χ4v) is 4.03. The molecule has 196 valence electrons. The van der Waals surface area contributed by atoms with Crippen LogP contribution in [0.4, 0.5) is 10.5 Å². The summed E-state index contributed by atoms with van der Waals surface area (Å²) in [5.41, 5.74) is 1.29. The van der Waals surface area contributed by atoms with Crippen LogP contribution >= 0.6 is 11.6 Å². The number of amides is 4. The standard InChI is InChI=1S/C28H25ClN2O7/c1-4-37-25-13-18(10-11-22(25)38-16-17-8-6-5-7-9-17)12-19-26(32)30-28(34)31(27(19)33)21-15-23(35-2)20(29)14-24(21)36-3/h5-15H,4,16H2,1-3H3,(H,30,32,34)/b19-12+. The van der Waals surface area contributed by atoms with Crippen LogP contribution in [0.1, 0.15) is 18.1 Å². The van der Waals surface area contributed by atoms with Crippen LogP contribution in [0, 0.1) is 0 Å². The predicted octanol–water partition coefficient (Wildman–Crippen LogP) is 5.00. The second kappa shape index (κ2) is 11.7. The Morgan fingerprint density at radius 2 is 1.61 bits per heavy atom. The molecular weight excluding hydrogens is 512 g/mol. The van der Waals surface area contributed by atoms with Crippen LogP contribution in [0.2, 0.25) is 5.02 Å². The van der Waals surface area contributed by atoms with E-state index in [1.54, 1.807) is 18.2 Å². The third-order valence-electron chi connectivity index (χ3n) is 5.61. The molecule has 0 aliphatic carbocycles. The van der Waals surface area contributed by atoms with E-state index in [-0.39, 0.29) is 27.8 Å². The maximum absolute atomic E-state index is 13.4. The Kier molecular flexibility index (Phi) is 8.18. The van der Waals surface area contributed by atoms with Gasteiger partial charge in [-0.05, 0) is 36.3 Å². The lowest BCUT2D eigenvalue weighted by molar-refractivity contribution is -0.122. The zero-order valence-corrected chi connectivity index (χ0v) is 21.7. The molecule has 1 fully saturated rings. The van der Waals surface area contributed by atoms with E-state index in [2.05, 4.69) is 5.32 Å². The van der Waals surface area contributed by atoms with Gasteiger partial charge in [-0.15, -0.1) is 0 Å². The van der Waals surface area contributed by atoms with Crippen LogP contribution < -0.4 is 29.2 Å². The molecule has 0 unspecified atom stereocenters. The number of imide groups is 2. The molecule has 1 N–H and O–H groups in total. The SMILES string of the molecule is CCOc1cc(/C=C2\C(=O)NC(=O)N(c3cc(OC)c(Cl)cc3OC)C2=O)ccc1OCc1ccccc1. The summed E-state index contributed by atoms with van der Waals surface area (Å²) in [5, 5.41) is 2.42. The average molecular weight is 537 g/mol. The summed E-state index contributed by atoms with van der Waals surface area (Å²) in [6.07, 6.45) is 1.38. The van der Waals surface area contributed by atoms with Gasteiger partial charge in [0.2, 0.25) is 0 Å². The van der Waals surface area contributed by atoms with Gasteiger partial charge < -0.3 is 18.9 Å². The lowest BCUT2D eigenvalue weighted by Crippen LogP contribution is -2.54. The molecule has 4 rings (SSSR count). The van der Waals surface area contributed by atoms with Crippen LogP contribution in [0.15, 0.2) is 66.2 Å². The van der Waals surface area contributed by atoms with Crippen molar-refractivity contribution in [2.75, 3.05) is 25.7 Å². The molecule has 3 aromatic rings. The first-order chi connectivity index (χ1) is 18.4. The Bertz CT molecular complexity index is 1410. The Balaban J connectivity index is 1.67. The summed E-state index contributed by atoms with van der Waals surface area (Å²) in [6.45, 7) is 2.55. The number of nitrogens with zero attached hydrogens (tertiary/aromatic N) is 1. The van der Waals surface area contributed by atoms with Crippen LogP contribution in [-0.4, -0.2) is 38.7 Å². The van der Waals surface area contributed by atoms with Crippen molar-refractivity contribution in [1.82, 2.24) is 5.32 Å². The van der Waals surface area contributed by atoms with E-state index < -0.39 is 17.8 Å². The number of rotatable bonds is 9.